The minimum absolute atomic E-state index is 0.00486. The van der Waals surface area contributed by atoms with E-state index in [4.69, 9.17) is 15.1 Å². The quantitative estimate of drug-likeness (QED) is 0.735. The Morgan fingerprint density at radius 3 is 3.15 bits per heavy atom. The number of carboxylic acid groups (broad SMARTS) is 1. The van der Waals surface area contributed by atoms with Crippen LogP contribution in [0.15, 0.2) is 18.5 Å². The van der Waals surface area contributed by atoms with Crippen molar-refractivity contribution in [1.29, 1.82) is 5.26 Å². The molecule has 1 heterocycles. The first-order chi connectivity index (χ1) is 6.25. The van der Waals surface area contributed by atoms with E-state index in [1.54, 1.807) is 6.07 Å². The average molecular weight is 178 g/mol. The van der Waals surface area contributed by atoms with Crippen LogP contribution in [0.3, 0.4) is 0 Å². The Kier molecular flexibility index (Phi) is 2.82. The second-order valence-electron chi connectivity index (χ2n) is 2.12. The van der Waals surface area contributed by atoms with Crippen molar-refractivity contribution < 1.29 is 14.6 Å². The molecule has 0 aliphatic rings. The topological polar surface area (TPSA) is 83.2 Å². The van der Waals surface area contributed by atoms with Crippen LogP contribution in [0.1, 0.15) is 10.4 Å². The normalized spacial score (nSPS) is 8.85. The largest absolute Gasteiger partial charge is 0.478 e. The fourth-order valence-electron chi connectivity index (χ4n) is 0.782. The van der Waals surface area contributed by atoms with Crippen molar-refractivity contribution in [2.45, 2.75) is 0 Å². The molecule has 0 aliphatic heterocycles. The zero-order valence-corrected chi connectivity index (χ0v) is 6.60. The number of ether oxygens (including phenoxy) is 1. The lowest BCUT2D eigenvalue weighted by Gasteiger charge is -2.03. The molecule has 0 bridgehead atoms. The SMILES string of the molecule is N#CCOc1cnccc1C(=O)O. The molecule has 0 atom stereocenters. The summed E-state index contributed by atoms with van der Waals surface area (Å²) in [5.74, 6) is -0.994. The van der Waals surface area contributed by atoms with Crippen molar-refractivity contribution >= 4 is 5.97 Å². The smallest absolute Gasteiger partial charge is 0.339 e. The first-order valence-corrected chi connectivity index (χ1v) is 3.42. The van der Waals surface area contributed by atoms with Crippen LogP contribution >= 0.6 is 0 Å². The highest BCUT2D eigenvalue weighted by molar-refractivity contribution is 5.90. The molecular weight excluding hydrogens is 172 g/mol. The maximum atomic E-state index is 10.6. The van der Waals surface area contributed by atoms with Gasteiger partial charge >= 0.3 is 5.97 Å². The van der Waals surface area contributed by atoms with E-state index in [1.807, 2.05) is 0 Å². The van der Waals surface area contributed by atoms with Gasteiger partial charge in [0.25, 0.3) is 0 Å². The monoisotopic (exact) mass is 178 g/mol. The summed E-state index contributed by atoms with van der Waals surface area (Å²) >= 11 is 0. The highest BCUT2D eigenvalue weighted by Crippen LogP contribution is 2.15. The predicted molar refractivity (Wildman–Crippen MR) is 42.3 cm³/mol. The molecule has 0 fully saturated rings. The lowest BCUT2D eigenvalue weighted by atomic mass is 10.2. The molecule has 0 radical (unpaired) electrons. The molecule has 1 N–H and O–H groups in total. The number of hydrogen-bond acceptors (Lipinski definition) is 4. The van der Waals surface area contributed by atoms with Gasteiger partial charge in [0.15, 0.2) is 12.4 Å². The van der Waals surface area contributed by atoms with Crippen molar-refractivity contribution in [1.82, 2.24) is 4.98 Å². The highest BCUT2D eigenvalue weighted by atomic mass is 16.5. The molecular formula is C8H6N2O3. The summed E-state index contributed by atoms with van der Waals surface area (Å²) in [6.45, 7) is -0.189. The summed E-state index contributed by atoms with van der Waals surface area (Å²) in [5.41, 5.74) is 0.00486. The summed E-state index contributed by atoms with van der Waals surface area (Å²) in [6.07, 6.45) is 2.61. The number of carbonyl (C=O) groups is 1. The molecule has 1 aromatic heterocycles. The van der Waals surface area contributed by atoms with Gasteiger partial charge < -0.3 is 9.84 Å². The minimum atomic E-state index is -1.10. The van der Waals surface area contributed by atoms with Crippen LogP contribution in [0.25, 0.3) is 0 Å². The molecule has 5 heteroatoms. The zero-order valence-electron chi connectivity index (χ0n) is 6.60. The Labute approximate surface area is 74.2 Å². The number of aromatic carboxylic acids is 1. The van der Waals surface area contributed by atoms with E-state index in [2.05, 4.69) is 4.98 Å². The first-order valence-electron chi connectivity index (χ1n) is 3.42. The number of pyridine rings is 1. The Bertz CT molecular complexity index is 357. The number of hydrogen-bond donors (Lipinski definition) is 1. The second kappa shape index (κ2) is 4.07. The van der Waals surface area contributed by atoms with Gasteiger partial charge in [0.05, 0.1) is 6.20 Å². The molecule has 1 aromatic rings. The fraction of sp³-hybridized carbons (Fsp3) is 0.125. The third kappa shape index (κ3) is 2.17. The number of carboxylic acids is 1. The van der Waals surface area contributed by atoms with Gasteiger partial charge in [-0.2, -0.15) is 5.26 Å². The van der Waals surface area contributed by atoms with Crippen molar-refractivity contribution in [3.8, 4) is 11.8 Å². The lowest BCUT2D eigenvalue weighted by Crippen LogP contribution is -2.03. The van der Waals surface area contributed by atoms with Crippen LogP contribution < -0.4 is 4.74 Å². The maximum Gasteiger partial charge on any atom is 0.339 e. The van der Waals surface area contributed by atoms with Crippen LogP contribution in [0, 0.1) is 11.3 Å². The van der Waals surface area contributed by atoms with Crippen molar-refractivity contribution in [3.63, 3.8) is 0 Å². The van der Waals surface area contributed by atoms with E-state index >= 15 is 0 Å². The van der Waals surface area contributed by atoms with Gasteiger partial charge in [0, 0.05) is 6.20 Å². The third-order valence-corrected chi connectivity index (χ3v) is 1.31. The summed E-state index contributed by atoms with van der Waals surface area (Å²) in [4.78, 5) is 14.3. The van der Waals surface area contributed by atoms with E-state index in [0.29, 0.717) is 0 Å². The number of nitriles is 1. The van der Waals surface area contributed by atoms with Gasteiger partial charge in [-0.3, -0.25) is 4.98 Å². The van der Waals surface area contributed by atoms with Crippen molar-refractivity contribution in [3.05, 3.63) is 24.0 Å². The summed E-state index contributed by atoms with van der Waals surface area (Å²) in [7, 11) is 0. The molecule has 0 unspecified atom stereocenters. The van der Waals surface area contributed by atoms with Gasteiger partial charge in [0.1, 0.15) is 11.6 Å². The fourth-order valence-corrected chi connectivity index (χ4v) is 0.782. The van der Waals surface area contributed by atoms with Crippen LogP contribution in [-0.4, -0.2) is 22.7 Å². The Hall–Kier alpha value is -2.09. The van der Waals surface area contributed by atoms with E-state index in [-0.39, 0.29) is 17.9 Å². The molecule has 0 spiro atoms. The lowest BCUT2D eigenvalue weighted by molar-refractivity contribution is 0.0692. The van der Waals surface area contributed by atoms with Gasteiger partial charge in [-0.1, -0.05) is 0 Å². The van der Waals surface area contributed by atoms with E-state index in [0.717, 1.165) is 0 Å². The van der Waals surface area contributed by atoms with Gasteiger partial charge in [0.2, 0.25) is 0 Å². The third-order valence-electron chi connectivity index (χ3n) is 1.31. The van der Waals surface area contributed by atoms with E-state index in [9.17, 15) is 4.79 Å². The Morgan fingerprint density at radius 2 is 2.54 bits per heavy atom. The molecule has 0 saturated carbocycles. The number of nitrogens with zero attached hydrogens (tertiary/aromatic N) is 2. The van der Waals surface area contributed by atoms with Crippen LogP contribution in [-0.2, 0) is 0 Å². The van der Waals surface area contributed by atoms with Crippen molar-refractivity contribution in [2.75, 3.05) is 6.61 Å². The number of aromatic nitrogens is 1. The zero-order chi connectivity index (χ0) is 9.68. The van der Waals surface area contributed by atoms with E-state index < -0.39 is 5.97 Å². The summed E-state index contributed by atoms with van der Waals surface area (Å²) in [6, 6.07) is 3.05. The molecule has 0 amide bonds. The molecule has 1 rings (SSSR count). The summed E-state index contributed by atoms with van der Waals surface area (Å²) < 4.78 is 4.84. The van der Waals surface area contributed by atoms with Crippen LogP contribution in [0.5, 0.6) is 5.75 Å². The average Bonchev–Trinajstić information content (AvgIpc) is 2.15. The minimum Gasteiger partial charge on any atom is -0.478 e. The summed E-state index contributed by atoms with van der Waals surface area (Å²) in [5, 5.41) is 16.9. The van der Waals surface area contributed by atoms with E-state index in [1.165, 1.54) is 18.5 Å². The molecule has 5 nitrogen and oxygen atoms in total. The highest BCUT2D eigenvalue weighted by Gasteiger charge is 2.09. The second-order valence-corrected chi connectivity index (χ2v) is 2.12. The molecule has 0 aliphatic carbocycles. The molecule has 0 aromatic carbocycles. The predicted octanol–water partition coefficient (Wildman–Crippen LogP) is 0.682. The van der Waals surface area contributed by atoms with Crippen molar-refractivity contribution in [2.24, 2.45) is 0 Å². The van der Waals surface area contributed by atoms with Crippen LogP contribution in [0.4, 0.5) is 0 Å². The van der Waals surface area contributed by atoms with Gasteiger partial charge in [-0.05, 0) is 6.07 Å². The van der Waals surface area contributed by atoms with Crippen LogP contribution in [0.2, 0.25) is 0 Å². The van der Waals surface area contributed by atoms with Gasteiger partial charge in [-0.15, -0.1) is 0 Å². The number of rotatable bonds is 3. The standard InChI is InChI=1S/C8H6N2O3/c9-2-4-13-7-5-10-3-1-6(7)8(11)12/h1,3,5H,4H2,(H,11,12). The first kappa shape index (κ1) is 9.00. The maximum absolute atomic E-state index is 10.6. The Balaban J connectivity index is 2.92. The van der Waals surface area contributed by atoms with Gasteiger partial charge in [-0.25, -0.2) is 4.79 Å². The molecule has 13 heavy (non-hydrogen) atoms. The molecule has 0 saturated heterocycles. The Morgan fingerprint density at radius 1 is 1.77 bits per heavy atom. The molecule has 66 valence electrons.